The first-order chi connectivity index (χ1) is 6.09. The molecule has 0 nitrogen and oxygen atoms in total. The summed E-state index contributed by atoms with van der Waals surface area (Å²) in [5.41, 5.74) is 1.85. The van der Waals surface area contributed by atoms with E-state index in [0.717, 1.165) is 17.5 Å². The molecular weight excluding hydrogens is 170 g/mol. The molecule has 0 saturated heterocycles. The Morgan fingerprint density at radius 2 is 1.77 bits per heavy atom. The molecule has 0 bridgehead atoms. The molecule has 0 aliphatic heterocycles. The van der Waals surface area contributed by atoms with Crippen molar-refractivity contribution in [3.8, 4) is 0 Å². The highest BCUT2D eigenvalue weighted by molar-refractivity contribution is 5.34. The van der Waals surface area contributed by atoms with Crippen molar-refractivity contribution < 1.29 is 8.78 Å². The van der Waals surface area contributed by atoms with E-state index in [1.54, 1.807) is 0 Å². The maximum Gasteiger partial charge on any atom is 0.159 e. The number of aryl methyl sites for hydroxylation is 1. The van der Waals surface area contributed by atoms with Crippen molar-refractivity contribution in [2.45, 2.75) is 26.2 Å². The topological polar surface area (TPSA) is 0 Å². The Labute approximate surface area is 76.6 Å². The Morgan fingerprint density at radius 3 is 2.31 bits per heavy atom. The average Bonchev–Trinajstić information content (AvgIpc) is 2.75. The summed E-state index contributed by atoms with van der Waals surface area (Å²) >= 11 is 0. The van der Waals surface area contributed by atoms with E-state index in [2.05, 4.69) is 6.92 Å². The van der Waals surface area contributed by atoms with E-state index in [-0.39, 0.29) is 0 Å². The zero-order valence-electron chi connectivity index (χ0n) is 7.77. The minimum Gasteiger partial charge on any atom is -0.204 e. The van der Waals surface area contributed by atoms with Gasteiger partial charge in [-0.1, -0.05) is 6.92 Å². The van der Waals surface area contributed by atoms with Crippen molar-refractivity contribution in [2.24, 2.45) is 5.92 Å². The first-order valence-electron chi connectivity index (χ1n) is 4.55. The van der Waals surface area contributed by atoms with Crippen LogP contribution in [0.25, 0.3) is 0 Å². The zero-order chi connectivity index (χ0) is 9.59. The van der Waals surface area contributed by atoms with Crippen molar-refractivity contribution >= 4 is 0 Å². The molecule has 13 heavy (non-hydrogen) atoms. The summed E-state index contributed by atoms with van der Waals surface area (Å²) in [6, 6.07) is 2.63. The molecule has 0 aromatic heterocycles. The van der Waals surface area contributed by atoms with Gasteiger partial charge in [0.2, 0.25) is 0 Å². The van der Waals surface area contributed by atoms with Crippen LogP contribution in [0.15, 0.2) is 12.1 Å². The molecule has 0 spiro atoms. The monoisotopic (exact) mass is 182 g/mol. The van der Waals surface area contributed by atoms with Crippen LogP contribution >= 0.6 is 0 Å². The van der Waals surface area contributed by atoms with Crippen molar-refractivity contribution in [1.82, 2.24) is 0 Å². The molecule has 0 N–H and O–H groups in total. The largest absolute Gasteiger partial charge is 0.204 e. The molecular formula is C11H12F2. The SMILES string of the molecule is Cc1cc(F)c(F)cc1C1CC1C. The molecule has 70 valence electrons. The van der Waals surface area contributed by atoms with Crippen LogP contribution in [0.3, 0.4) is 0 Å². The van der Waals surface area contributed by atoms with Crippen LogP contribution < -0.4 is 0 Å². The molecule has 0 heterocycles. The molecule has 0 radical (unpaired) electrons. The van der Waals surface area contributed by atoms with Crippen LogP contribution in [0.4, 0.5) is 8.78 Å². The Kier molecular flexibility index (Phi) is 1.86. The lowest BCUT2D eigenvalue weighted by atomic mass is 10.0. The van der Waals surface area contributed by atoms with E-state index in [9.17, 15) is 8.78 Å². The van der Waals surface area contributed by atoms with Crippen LogP contribution in [0, 0.1) is 24.5 Å². The number of benzene rings is 1. The Bertz CT molecular complexity index is 344. The summed E-state index contributed by atoms with van der Waals surface area (Å²) < 4.78 is 25.7. The van der Waals surface area contributed by atoms with Gasteiger partial charge in [-0.3, -0.25) is 0 Å². The maximum absolute atomic E-state index is 12.9. The highest BCUT2D eigenvalue weighted by atomic mass is 19.2. The third kappa shape index (κ3) is 1.45. The molecule has 1 aromatic rings. The van der Waals surface area contributed by atoms with Gasteiger partial charge in [0.25, 0.3) is 0 Å². The lowest BCUT2D eigenvalue weighted by Crippen LogP contribution is -1.93. The summed E-state index contributed by atoms with van der Waals surface area (Å²) in [4.78, 5) is 0. The summed E-state index contributed by atoms with van der Waals surface area (Å²) in [6.45, 7) is 3.97. The van der Waals surface area contributed by atoms with E-state index in [4.69, 9.17) is 0 Å². The molecule has 1 aliphatic rings. The molecule has 2 heteroatoms. The zero-order valence-corrected chi connectivity index (χ0v) is 7.77. The summed E-state index contributed by atoms with van der Waals surface area (Å²) in [7, 11) is 0. The summed E-state index contributed by atoms with van der Waals surface area (Å²) in [5.74, 6) is -0.382. The molecule has 1 aliphatic carbocycles. The van der Waals surface area contributed by atoms with Gasteiger partial charge in [0.05, 0.1) is 0 Å². The molecule has 2 rings (SSSR count). The number of halogens is 2. The van der Waals surface area contributed by atoms with E-state index >= 15 is 0 Å². The molecule has 2 atom stereocenters. The van der Waals surface area contributed by atoms with E-state index < -0.39 is 11.6 Å². The first kappa shape index (κ1) is 8.67. The lowest BCUT2D eigenvalue weighted by molar-refractivity contribution is 0.506. The van der Waals surface area contributed by atoms with Crippen molar-refractivity contribution in [1.29, 1.82) is 0 Å². The van der Waals surface area contributed by atoms with Crippen LogP contribution in [0.5, 0.6) is 0 Å². The molecule has 1 aromatic carbocycles. The number of rotatable bonds is 1. The highest BCUT2D eigenvalue weighted by Gasteiger charge is 2.35. The molecule has 2 unspecified atom stereocenters. The standard InChI is InChI=1S/C11H12F2/c1-6-3-8(6)9-5-11(13)10(12)4-7(9)2/h4-6,8H,3H2,1-2H3. The third-order valence-electron chi connectivity index (χ3n) is 2.82. The normalized spacial score (nSPS) is 26.2. The predicted molar refractivity (Wildman–Crippen MR) is 47.6 cm³/mol. The number of hydrogen-bond acceptors (Lipinski definition) is 0. The minimum absolute atomic E-state index is 0.454. The van der Waals surface area contributed by atoms with Crippen LogP contribution in [-0.2, 0) is 0 Å². The lowest BCUT2D eigenvalue weighted by Gasteiger charge is -2.04. The minimum atomic E-state index is -0.741. The smallest absolute Gasteiger partial charge is 0.159 e. The molecule has 1 fully saturated rings. The Morgan fingerprint density at radius 1 is 1.23 bits per heavy atom. The van der Waals surface area contributed by atoms with Gasteiger partial charge in [-0.25, -0.2) is 8.78 Å². The quantitative estimate of drug-likeness (QED) is 0.624. The molecule has 1 saturated carbocycles. The first-order valence-corrected chi connectivity index (χ1v) is 4.55. The predicted octanol–water partition coefficient (Wildman–Crippen LogP) is 3.40. The van der Waals surface area contributed by atoms with Gasteiger partial charge in [0.15, 0.2) is 11.6 Å². The Balaban J connectivity index is 2.41. The van der Waals surface area contributed by atoms with Crippen LogP contribution in [0.2, 0.25) is 0 Å². The van der Waals surface area contributed by atoms with Gasteiger partial charge in [-0.2, -0.15) is 0 Å². The number of hydrogen-bond donors (Lipinski definition) is 0. The van der Waals surface area contributed by atoms with E-state index in [1.165, 1.54) is 12.1 Å². The second kappa shape index (κ2) is 2.79. The third-order valence-corrected chi connectivity index (χ3v) is 2.82. The van der Waals surface area contributed by atoms with E-state index in [0.29, 0.717) is 11.8 Å². The molecule has 0 amide bonds. The summed E-state index contributed by atoms with van der Waals surface area (Å²) in [6.07, 6.45) is 1.10. The second-order valence-corrected chi connectivity index (χ2v) is 3.94. The average molecular weight is 182 g/mol. The van der Waals surface area contributed by atoms with Gasteiger partial charge >= 0.3 is 0 Å². The Hall–Kier alpha value is -0.920. The summed E-state index contributed by atoms with van der Waals surface area (Å²) in [5, 5.41) is 0. The highest BCUT2D eigenvalue weighted by Crippen LogP contribution is 2.48. The van der Waals surface area contributed by atoms with Crippen LogP contribution in [-0.4, -0.2) is 0 Å². The van der Waals surface area contributed by atoms with Gasteiger partial charge < -0.3 is 0 Å². The van der Waals surface area contributed by atoms with E-state index in [1.807, 2.05) is 6.92 Å². The van der Waals surface area contributed by atoms with Crippen molar-refractivity contribution in [2.75, 3.05) is 0 Å². The maximum atomic E-state index is 12.9. The van der Waals surface area contributed by atoms with Crippen molar-refractivity contribution in [3.05, 3.63) is 34.9 Å². The fourth-order valence-corrected chi connectivity index (χ4v) is 1.82. The van der Waals surface area contributed by atoms with Crippen molar-refractivity contribution in [3.63, 3.8) is 0 Å². The fourth-order valence-electron chi connectivity index (χ4n) is 1.82. The van der Waals surface area contributed by atoms with Gasteiger partial charge in [-0.15, -0.1) is 0 Å². The van der Waals surface area contributed by atoms with Gasteiger partial charge in [-0.05, 0) is 48.4 Å². The van der Waals surface area contributed by atoms with Crippen LogP contribution in [0.1, 0.15) is 30.4 Å². The second-order valence-electron chi connectivity index (χ2n) is 3.94. The van der Waals surface area contributed by atoms with Gasteiger partial charge in [0, 0.05) is 0 Å². The van der Waals surface area contributed by atoms with Gasteiger partial charge in [0.1, 0.15) is 0 Å². The fraction of sp³-hybridized carbons (Fsp3) is 0.455.